The lowest BCUT2D eigenvalue weighted by Crippen LogP contribution is -2.34. The molecule has 0 spiro atoms. The number of carbonyl (C=O) groups excluding carboxylic acids is 1. The van der Waals surface area contributed by atoms with E-state index in [0.29, 0.717) is 23.9 Å². The van der Waals surface area contributed by atoms with Crippen LogP contribution < -0.4 is 25.1 Å². The monoisotopic (exact) mass is 525 g/mol. The molecule has 11 heteroatoms. The van der Waals surface area contributed by atoms with Gasteiger partial charge in [-0.15, -0.1) is 0 Å². The number of amides is 1. The fourth-order valence-corrected chi connectivity index (χ4v) is 3.02. The van der Waals surface area contributed by atoms with Crippen LogP contribution in [0.3, 0.4) is 0 Å². The summed E-state index contributed by atoms with van der Waals surface area (Å²) < 4.78 is 30.9. The zero-order valence-corrected chi connectivity index (χ0v) is 21.9. The Labute approximate surface area is 219 Å². The molecule has 1 amide bonds. The van der Waals surface area contributed by atoms with Gasteiger partial charge in [0.05, 0.1) is 26.8 Å². The summed E-state index contributed by atoms with van der Waals surface area (Å²) in [6, 6.07) is 17.8. The van der Waals surface area contributed by atoms with E-state index in [1.165, 1.54) is 6.07 Å². The Hall–Kier alpha value is -4.67. The number of nitrogens with zero attached hydrogens (tertiary/aromatic N) is 1. The van der Waals surface area contributed by atoms with Crippen molar-refractivity contribution in [3.05, 3.63) is 71.0 Å². The SMILES string of the molecule is COc1ccc(-c2cc(=O)[nH]o2)cc1.COc1ccc(-c2cc(OCCNC(=O)OC(C)(C)C)no2)cc1. The maximum Gasteiger partial charge on any atom is 0.407 e. The molecule has 0 radical (unpaired) electrons. The van der Waals surface area contributed by atoms with Gasteiger partial charge in [0.1, 0.15) is 23.7 Å². The third kappa shape index (κ3) is 8.77. The second-order valence-corrected chi connectivity index (χ2v) is 8.84. The molecule has 2 aromatic carbocycles. The molecule has 4 rings (SSSR count). The van der Waals surface area contributed by atoms with E-state index in [4.69, 9.17) is 28.0 Å². The van der Waals surface area contributed by atoms with Gasteiger partial charge in [-0.25, -0.2) is 4.79 Å². The molecule has 11 nitrogen and oxygen atoms in total. The van der Waals surface area contributed by atoms with Crippen molar-refractivity contribution in [3.63, 3.8) is 0 Å². The number of benzene rings is 2. The molecule has 38 heavy (non-hydrogen) atoms. The molecule has 2 aromatic heterocycles. The van der Waals surface area contributed by atoms with Crippen LogP contribution in [0.5, 0.6) is 17.4 Å². The Morgan fingerprint density at radius 2 is 1.50 bits per heavy atom. The van der Waals surface area contributed by atoms with E-state index in [0.717, 1.165) is 22.6 Å². The van der Waals surface area contributed by atoms with Crippen LogP contribution in [0.15, 0.2) is 74.5 Å². The number of aromatic nitrogens is 2. The molecule has 0 aliphatic carbocycles. The van der Waals surface area contributed by atoms with Gasteiger partial charge in [0.25, 0.3) is 11.4 Å². The summed E-state index contributed by atoms with van der Waals surface area (Å²) in [5.74, 6) is 3.01. The Balaban J connectivity index is 0.000000241. The van der Waals surface area contributed by atoms with E-state index >= 15 is 0 Å². The molecule has 0 unspecified atom stereocenters. The molecule has 0 aliphatic rings. The minimum Gasteiger partial charge on any atom is -0.497 e. The summed E-state index contributed by atoms with van der Waals surface area (Å²) >= 11 is 0. The Morgan fingerprint density at radius 3 is 2.00 bits per heavy atom. The van der Waals surface area contributed by atoms with Crippen LogP contribution in [0, 0.1) is 0 Å². The van der Waals surface area contributed by atoms with Crippen molar-refractivity contribution < 1.29 is 32.8 Å². The molecule has 2 heterocycles. The van der Waals surface area contributed by atoms with Crippen molar-refractivity contribution in [3.8, 4) is 40.0 Å². The molecule has 2 N–H and O–H groups in total. The molecule has 0 fully saturated rings. The average molecular weight is 526 g/mol. The fraction of sp³-hybridized carbons (Fsp3) is 0.296. The zero-order valence-electron chi connectivity index (χ0n) is 21.9. The molecule has 202 valence electrons. The molecule has 0 bridgehead atoms. The number of nitrogens with one attached hydrogen (secondary N) is 2. The zero-order chi connectivity index (χ0) is 27.5. The van der Waals surface area contributed by atoms with Crippen molar-refractivity contribution >= 4 is 6.09 Å². The molecule has 0 aliphatic heterocycles. The highest BCUT2D eigenvalue weighted by Gasteiger charge is 2.15. The van der Waals surface area contributed by atoms with Crippen molar-refractivity contribution in [2.45, 2.75) is 26.4 Å². The van der Waals surface area contributed by atoms with Gasteiger partial charge in [0.15, 0.2) is 11.5 Å². The van der Waals surface area contributed by atoms with Crippen LogP contribution >= 0.6 is 0 Å². The predicted octanol–water partition coefficient (Wildman–Crippen LogP) is 4.90. The molecule has 0 saturated heterocycles. The molecule has 0 saturated carbocycles. The second kappa shape index (κ2) is 13.0. The number of H-pyrrole nitrogens is 1. The van der Waals surface area contributed by atoms with Crippen LogP contribution in [0.25, 0.3) is 22.6 Å². The first-order chi connectivity index (χ1) is 18.2. The fourth-order valence-electron chi connectivity index (χ4n) is 3.02. The van der Waals surface area contributed by atoms with Gasteiger partial charge in [-0.2, -0.15) is 5.16 Å². The highest BCUT2D eigenvalue weighted by molar-refractivity contribution is 5.67. The summed E-state index contributed by atoms with van der Waals surface area (Å²) in [5, 5.41) is 8.67. The maximum atomic E-state index is 11.5. The summed E-state index contributed by atoms with van der Waals surface area (Å²) in [6.07, 6.45) is -0.481. The maximum absolute atomic E-state index is 11.5. The van der Waals surface area contributed by atoms with Crippen LogP contribution in [-0.4, -0.2) is 49.4 Å². The van der Waals surface area contributed by atoms with E-state index < -0.39 is 11.7 Å². The lowest BCUT2D eigenvalue weighted by atomic mass is 10.2. The molecular formula is C27H31N3O8. The smallest absolute Gasteiger partial charge is 0.407 e. The van der Waals surface area contributed by atoms with E-state index in [1.807, 2.05) is 48.5 Å². The van der Waals surface area contributed by atoms with Crippen LogP contribution in [-0.2, 0) is 4.74 Å². The third-order valence-corrected chi connectivity index (χ3v) is 4.78. The Bertz CT molecular complexity index is 1330. The summed E-state index contributed by atoms with van der Waals surface area (Å²) in [6.45, 7) is 5.98. The summed E-state index contributed by atoms with van der Waals surface area (Å²) in [7, 11) is 3.21. The first-order valence-electron chi connectivity index (χ1n) is 11.7. The lowest BCUT2D eigenvalue weighted by molar-refractivity contribution is 0.0519. The number of methoxy groups -OCH3 is 2. The second-order valence-electron chi connectivity index (χ2n) is 8.84. The van der Waals surface area contributed by atoms with Crippen molar-refractivity contribution in [2.75, 3.05) is 27.4 Å². The van der Waals surface area contributed by atoms with Gasteiger partial charge in [-0.1, -0.05) is 0 Å². The number of hydrogen-bond acceptors (Lipinski definition) is 9. The van der Waals surface area contributed by atoms with Gasteiger partial charge in [-0.05, 0) is 74.5 Å². The Kier molecular flexibility index (Phi) is 9.58. The van der Waals surface area contributed by atoms with Crippen molar-refractivity contribution in [1.82, 2.24) is 15.6 Å². The number of ether oxygens (including phenoxy) is 4. The van der Waals surface area contributed by atoms with Crippen LogP contribution in [0.2, 0.25) is 0 Å². The number of hydrogen-bond donors (Lipinski definition) is 2. The molecule has 0 atom stereocenters. The minimum absolute atomic E-state index is 0.240. The number of carbonyl (C=O) groups is 1. The van der Waals surface area contributed by atoms with E-state index in [9.17, 15) is 9.59 Å². The predicted molar refractivity (Wildman–Crippen MR) is 140 cm³/mol. The highest BCUT2D eigenvalue weighted by Crippen LogP contribution is 2.25. The van der Waals surface area contributed by atoms with Gasteiger partial charge in [0.2, 0.25) is 0 Å². The standard InChI is InChI=1S/C17H22N2O5.C10H9NO3/c1-17(2,3)23-16(20)18-9-10-22-15-11-14(24-19-15)12-5-7-13(21-4)8-6-12;1-13-8-4-2-7(3-5-8)9-6-10(12)11-14-9/h5-8,11H,9-10H2,1-4H3,(H,18,20);2-6H,1H3,(H,11,12). The van der Waals surface area contributed by atoms with Crippen molar-refractivity contribution in [2.24, 2.45) is 0 Å². The first kappa shape index (κ1) is 27.9. The largest absolute Gasteiger partial charge is 0.497 e. The topological polar surface area (TPSA) is 138 Å². The van der Waals surface area contributed by atoms with E-state index in [-0.39, 0.29) is 12.2 Å². The van der Waals surface area contributed by atoms with Gasteiger partial charge in [0, 0.05) is 17.2 Å². The summed E-state index contributed by atoms with van der Waals surface area (Å²) in [4.78, 5) is 22.3. The average Bonchev–Trinajstić information content (AvgIpc) is 3.55. The number of aromatic amines is 1. The Morgan fingerprint density at radius 1 is 0.921 bits per heavy atom. The molecular weight excluding hydrogens is 494 g/mol. The lowest BCUT2D eigenvalue weighted by Gasteiger charge is -2.19. The van der Waals surface area contributed by atoms with Crippen LogP contribution in [0.1, 0.15) is 20.8 Å². The van der Waals surface area contributed by atoms with Crippen molar-refractivity contribution in [1.29, 1.82) is 0 Å². The van der Waals surface area contributed by atoms with Crippen LogP contribution in [0.4, 0.5) is 4.79 Å². The first-order valence-corrected chi connectivity index (χ1v) is 11.7. The number of alkyl carbamates (subject to hydrolysis) is 1. The van der Waals surface area contributed by atoms with Gasteiger partial charge >= 0.3 is 6.09 Å². The van der Waals surface area contributed by atoms with E-state index in [1.54, 1.807) is 41.1 Å². The van der Waals surface area contributed by atoms with Gasteiger partial charge in [-0.3, -0.25) is 4.79 Å². The third-order valence-electron chi connectivity index (χ3n) is 4.78. The number of rotatable bonds is 8. The quantitative estimate of drug-likeness (QED) is 0.308. The highest BCUT2D eigenvalue weighted by atomic mass is 16.6. The summed E-state index contributed by atoms with van der Waals surface area (Å²) in [5.41, 5.74) is 0.939. The molecule has 4 aromatic rings. The normalized spacial score (nSPS) is 10.7. The minimum atomic E-state index is -0.523. The van der Waals surface area contributed by atoms with E-state index in [2.05, 4.69) is 15.6 Å². The van der Waals surface area contributed by atoms with Gasteiger partial charge < -0.3 is 33.3 Å².